The maximum atomic E-state index is 11.2. The summed E-state index contributed by atoms with van der Waals surface area (Å²) in [4.78, 5) is 22.4. The van der Waals surface area contributed by atoms with Crippen molar-refractivity contribution in [3.05, 3.63) is 0 Å². The van der Waals surface area contributed by atoms with Crippen molar-refractivity contribution in [1.82, 2.24) is 5.32 Å². The molecule has 0 bridgehead atoms. The average Bonchev–Trinajstić information content (AvgIpc) is 2.38. The Kier molecular flexibility index (Phi) is 5.84. The van der Waals surface area contributed by atoms with Gasteiger partial charge in [-0.3, -0.25) is 9.59 Å². The van der Waals surface area contributed by atoms with Gasteiger partial charge in [0.15, 0.2) is 5.79 Å². The van der Waals surface area contributed by atoms with Crippen molar-refractivity contribution in [2.75, 3.05) is 6.61 Å². The van der Waals surface area contributed by atoms with Gasteiger partial charge in [-0.25, -0.2) is 0 Å². The molecule has 1 aliphatic rings. The van der Waals surface area contributed by atoms with Gasteiger partial charge in [0.25, 0.3) is 0 Å². The number of carboxylic acid groups (broad SMARTS) is 1. The lowest BCUT2D eigenvalue weighted by Gasteiger charge is -2.48. The third-order valence-electron chi connectivity index (χ3n) is 3.57. The van der Waals surface area contributed by atoms with Gasteiger partial charge in [0.2, 0.25) is 5.91 Å². The molecule has 10 nitrogen and oxygen atoms in total. The van der Waals surface area contributed by atoms with E-state index in [2.05, 4.69) is 5.32 Å². The lowest BCUT2D eigenvalue weighted by atomic mass is 9.81. The van der Waals surface area contributed by atoms with Crippen LogP contribution in [-0.4, -0.2) is 85.4 Å². The quantitative estimate of drug-likeness (QED) is 0.269. The normalized spacial score (nSPS) is 38.1. The molecule has 1 fully saturated rings. The van der Waals surface area contributed by atoms with Gasteiger partial charge in [-0.05, 0) is 6.92 Å². The Bertz CT molecular complexity index is 427. The van der Waals surface area contributed by atoms with Crippen molar-refractivity contribution in [2.24, 2.45) is 5.92 Å². The van der Waals surface area contributed by atoms with Crippen molar-refractivity contribution in [1.29, 1.82) is 0 Å². The van der Waals surface area contributed by atoms with Crippen molar-refractivity contribution in [3.63, 3.8) is 0 Å². The molecule has 1 saturated heterocycles. The Morgan fingerprint density at radius 2 is 1.91 bits per heavy atom. The van der Waals surface area contributed by atoms with E-state index in [0.29, 0.717) is 0 Å². The van der Waals surface area contributed by atoms with Gasteiger partial charge in [0.05, 0.1) is 18.8 Å². The monoisotopic (exact) mass is 323 g/mol. The molecule has 0 aromatic rings. The minimum atomic E-state index is -2.36. The van der Waals surface area contributed by atoms with Crippen LogP contribution >= 0.6 is 0 Å². The Balaban J connectivity index is 3.18. The van der Waals surface area contributed by atoms with Crippen LogP contribution in [0.25, 0.3) is 0 Å². The summed E-state index contributed by atoms with van der Waals surface area (Å²) in [5.74, 6) is -6.36. The zero-order valence-corrected chi connectivity index (χ0v) is 12.1. The second-order valence-electron chi connectivity index (χ2n) is 5.41. The Morgan fingerprint density at radius 1 is 1.36 bits per heavy atom. The molecule has 1 aliphatic heterocycles. The SMILES string of the molecule is CC(=O)N[C@H]1[C@H]([C@H](O)[C@H](O)CO)O[C@@](C)(O)C(C(=O)O)[C@@H]1O. The van der Waals surface area contributed by atoms with Crippen LogP contribution in [0.3, 0.4) is 0 Å². The molecule has 1 amide bonds. The van der Waals surface area contributed by atoms with Gasteiger partial charge >= 0.3 is 5.97 Å². The minimum absolute atomic E-state index is 0.644. The molecule has 128 valence electrons. The molecule has 7 atom stereocenters. The molecule has 0 aromatic heterocycles. The highest BCUT2D eigenvalue weighted by molar-refractivity contribution is 5.75. The first-order valence-electron chi connectivity index (χ1n) is 6.58. The van der Waals surface area contributed by atoms with Crippen LogP contribution in [0.2, 0.25) is 0 Å². The summed E-state index contributed by atoms with van der Waals surface area (Å²) in [6, 6.07) is -1.41. The van der Waals surface area contributed by atoms with Gasteiger partial charge in [-0.1, -0.05) is 0 Å². The summed E-state index contributed by atoms with van der Waals surface area (Å²) in [6.45, 7) is 1.24. The number of aliphatic carboxylic acids is 1. The van der Waals surface area contributed by atoms with Gasteiger partial charge in [0.1, 0.15) is 24.2 Å². The molecular weight excluding hydrogens is 302 g/mol. The molecule has 0 radical (unpaired) electrons. The fourth-order valence-corrected chi connectivity index (χ4v) is 2.53. The van der Waals surface area contributed by atoms with E-state index in [-0.39, 0.29) is 0 Å². The summed E-state index contributed by atoms with van der Waals surface area (Å²) in [5.41, 5.74) is 0. The zero-order valence-electron chi connectivity index (χ0n) is 12.1. The third kappa shape index (κ3) is 3.72. The number of aliphatic hydroxyl groups is 5. The number of hydrogen-bond donors (Lipinski definition) is 7. The number of ether oxygens (including phenoxy) is 1. The first-order valence-corrected chi connectivity index (χ1v) is 6.58. The number of carboxylic acids is 1. The zero-order chi connectivity index (χ0) is 17.2. The Hall–Kier alpha value is -1.30. The lowest BCUT2D eigenvalue weighted by molar-refractivity contribution is -0.317. The summed E-state index contributed by atoms with van der Waals surface area (Å²) in [5, 5.41) is 59.9. The van der Waals surface area contributed by atoms with Crippen molar-refractivity contribution in [3.8, 4) is 0 Å². The first kappa shape index (κ1) is 18.7. The molecule has 22 heavy (non-hydrogen) atoms. The van der Waals surface area contributed by atoms with Gasteiger partial charge in [-0.2, -0.15) is 0 Å². The third-order valence-corrected chi connectivity index (χ3v) is 3.57. The van der Waals surface area contributed by atoms with E-state index in [9.17, 15) is 30.0 Å². The highest BCUT2D eigenvalue weighted by atomic mass is 16.6. The molecule has 1 unspecified atom stereocenters. The number of carbonyl (C=O) groups is 2. The van der Waals surface area contributed by atoms with E-state index in [0.717, 1.165) is 13.8 Å². The van der Waals surface area contributed by atoms with E-state index >= 15 is 0 Å². The van der Waals surface area contributed by atoms with Crippen LogP contribution in [0, 0.1) is 5.92 Å². The molecule has 0 saturated carbocycles. The number of nitrogens with one attached hydrogen (secondary N) is 1. The number of rotatable bonds is 5. The van der Waals surface area contributed by atoms with E-state index in [1.54, 1.807) is 0 Å². The summed E-state index contributed by atoms with van der Waals surface area (Å²) in [6.07, 6.45) is -6.79. The molecule has 1 heterocycles. The molecule has 0 spiro atoms. The fraction of sp³-hybridized carbons (Fsp3) is 0.833. The van der Waals surface area contributed by atoms with Crippen molar-refractivity contribution in [2.45, 2.75) is 50.1 Å². The number of aliphatic hydroxyl groups excluding tert-OH is 4. The van der Waals surface area contributed by atoms with Crippen LogP contribution in [0.15, 0.2) is 0 Å². The standard InChI is InChI=1S/C12H21NO9/c1-4(15)13-7-9(18)6(11(19)20)12(2,21)22-10(7)8(17)5(16)3-14/h5-10,14,16-18,21H,3H2,1-2H3,(H,13,15)(H,19,20)/t5-,6?,7-,8-,9+,10-,12-/m1/s1. The summed E-state index contributed by atoms with van der Waals surface area (Å²) < 4.78 is 5.10. The Morgan fingerprint density at radius 3 is 2.32 bits per heavy atom. The van der Waals surface area contributed by atoms with Crippen LogP contribution < -0.4 is 5.32 Å². The van der Waals surface area contributed by atoms with E-state index in [4.69, 9.17) is 14.9 Å². The first-order chi connectivity index (χ1) is 10.0. The van der Waals surface area contributed by atoms with E-state index in [1.165, 1.54) is 0 Å². The minimum Gasteiger partial charge on any atom is -0.481 e. The second kappa shape index (κ2) is 6.86. The van der Waals surface area contributed by atoms with Crippen LogP contribution in [0.5, 0.6) is 0 Å². The topological polar surface area (TPSA) is 177 Å². The van der Waals surface area contributed by atoms with Crippen molar-refractivity contribution < 1.29 is 45.0 Å². The number of amides is 1. The average molecular weight is 323 g/mol. The Labute approximate surface area is 125 Å². The maximum Gasteiger partial charge on any atom is 0.314 e. The smallest absolute Gasteiger partial charge is 0.314 e. The van der Waals surface area contributed by atoms with Crippen LogP contribution in [0.1, 0.15) is 13.8 Å². The molecule has 7 N–H and O–H groups in total. The molecule has 1 rings (SSSR count). The highest BCUT2D eigenvalue weighted by Crippen LogP contribution is 2.35. The summed E-state index contributed by atoms with van der Waals surface area (Å²) in [7, 11) is 0. The summed E-state index contributed by atoms with van der Waals surface area (Å²) >= 11 is 0. The van der Waals surface area contributed by atoms with Crippen LogP contribution in [0.4, 0.5) is 0 Å². The van der Waals surface area contributed by atoms with Gasteiger partial charge in [0, 0.05) is 6.92 Å². The largest absolute Gasteiger partial charge is 0.481 e. The van der Waals surface area contributed by atoms with Gasteiger partial charge in [-0.15, -0.1) is 0 Å². The second-order valence-corrected chi connectivity index (χ2v) is 5.41. The van der Waals surface area contributed by atoms with Crippen LogP contribution in [-0.2, 0) is 14.3 Å². The molecule has 0 aromatic carbocycles. The number of carbonyl (C=O) groups excluding carboxylic acids is 1. The number of hydrogen-bond acceptors (Lipinski definition) is 8. The fourth-order valence-electron chi connectivity index (χ4n) is 2.53. The highest BCUT2D eigenvalue weighted by Gasteiger charge is 2.57. The van der Waals surface area contributed by atoms with Crippen molar-refractivity contribution >= 4 is 11.9 Å². The molecule has 0 aliphatic carbocycles. The predicted molar refractivity (Wildman–Crippen MR) is 69.3 cm³/mol. The predicted octanol–water partition coefficient (Wildman–Crippen LogP) is -3.63. The van der Waals surface area contributed by atoms with E-state index < -0.39 is 60.6 Å². The molecule has 10 heteroatoms. The van der Waals surface area contributed by atoms with Gasteiger partial charge < -0.3 is 40.7 Å². The maximum absolute atomic E-state index is 11.2. The van der Waals surface area contributed by atoms with E-state index in [1.807, 2.05) is 0 Å². The lowest BCUT2D eigenvalue weighted by Crippen LogP contribution is -2.70. The molecular formula is C12H21NO9.